The minimum Gasteiger partial charge on any atom is -0.459 e. The van der Waals surface area contributed by atoms with Crippen molar-refractivity contribution in [3.05, 3.63) is 48.0 Å². The van der Waals surface area contributed by atoms with Gasteiger partial charge in [-0.25, -0.2) is 4.99 Å². The number of hydrogen-bond acceptors (Lipinski definition) is 6. The zero-order valence-corrected chi connectivity index (χ0v) is 10.4. The molecule has 0 amide bonds. The number of anilines is 1. The van der Waals surface area contributed by atoms with Crippen molar-refractivity contribution in [1.82, 2.24) is 10.2 Å². The molecule has 0 saturated heterocycles. The number of hydrogen-bond donors (Lipinski definition) is 4. The van der Waals surface area contributed by atoms with Crippen molar-refractivity contribution >= 4 is 22.4 Å². The number of benzene rings is 1. The van der Waals surface area contributed by atoms with E-state index in [2.05, 4.69) is 20.5 Å². The minimum absolute atomic E-state index is 0.274. The summed E-state index contributed by atoms with van der Waals surface area (Å²) in [5, 5.41) is 11.0. The molecule has 1 atom stereocenters. The van der Waals surface area contributed by atoms with Crippen molar-refractivity contribution in [1.29, 1.82) is 0 Å². The number of H-pyrrole nitrogens is 1. The van der Waals surface area contributed by atoms with E-state index in [0.29, 0.717) is 5.76 Å². The van der Waals surface area contributed by atoms with Gasteiger partial charge in [-0.05, 0) is 6.07 Å². The first-order valence-electron chi connectivity index (χ1n) is 6.09. The highest BCUT2D eigenvalue weighted by Crippen LogP contribution is 2.31. The average molecular weight is 268 g/mol. The van der Waals surface area contributed by atoms with Gasteiger partial charge in [-0.15, -0.1) is 0 Å². The average Bonchev–Trinajstić information content (AvgIpc) is 3.05. The third-order valence-electron chi connectivity index (χ3n) is 3.40. The number of nitrogens with zero attached hydrogens (tertiary/aromatic N) is 2. The van der Waals surface area contributed by atoms with Gasteiger partial charge in [0.05, 0.1) is 23.7 Å². The molecule has 0 saturated carbocycles. The first-order chi connectivity index (χ1) is 9.66. The van der Waals surface area contributed by atoms with E-state index in [9.17, 15) is 0 Å². The lowest BCUT2D eigenvalue weighted by Crippen LogP contribution is -2.47. The number of nitrogens with two attached hydrogens (primary N) is 2. The van der Waals surface area contributed by atoms with Gasteiger partial charge in [0.25, 0.3) is 0 Å². The summed E-state index contributed by atoms with van der Waals surface area (Å²) in [7, 11) is 0. The van der Waals surface area contributed by atoms with Gasteiger partial charge >= 0.3 is 0 Å². The van der Waals surface area contributed by atoms with Crippen LogP contribution in [-0.2, 0) is 5.79 Å². The highest BCUT2D eigenvalue weighted by Gasteiger charge is 2.33. The van der Waals surface area contributed by atoms with Crippen LogP contribution in [0.5, 0.6) is 0 Å². The van der Waals surface area contributed by atoms with Gasteiger partial charge in [-0.1, -0.05) is 12.1 Å². The first-order valence-corrected chi connectivity index (χ1v) is 6.09. The lowest BCUT2D eigenvalue weighted by atomic mass is 10.0. The standard InChI is InChI=1S/C13H12N6O/c14-12-11-9(3-4-20-11)17-13(15,18-12)8-2-1-7-6-16-19-10(7)5-8/h1-6,17H,15H2,(H2,14,18)(H,16,19). The summed E-state index contributed by atoms with van der Waals surface area (Å²) in [5.41, 5.74) is 14.7. The Morgan fingerprint density at radius 1 is 1.25 bits per heavy atom. The van der Waals surface area contributed by atoms with Gasteiger partial charge in [0, 0.05) is 17.0 Å². The molecule has 0 radical (unpaired) electrons. The predicted molar refractivity (Wildman–Crippen MR) is 75.0 cm³/mol. The summed E-state index contributed by atoms with van der Waals surface area (Å²) >= 11 is 0. The number of aromatic amines is 1. The number of rotatable bonds is 1. The van der Waals surface area contributed by atoms with Crippen molar-refractivity contribution in [3.8, 4) is 0 Å². The maximum atomic E-state index is 6.35. The van der Waals surface area contributed by atoms with Crippen molar-refractivity contribution < 1.29 is 4.42 Å². The fraction of sp³-hybridized carbons (Fsp3) is 0.0769. The minimum atomic E-state index is -1.12. The number of nitrogens with one attached hydrogen (secondary N) is 2. The topological polar surface area (TPSA) is 118 Å². The molecule has 0 aliphatic carbocycles. The summed E-state index contributed by atoms with van der Waals surface area (Å²) in [6.45, 7) is 0. The van der Waals surface area contributed by atoms with Crippen molar-refractivity contribution in [2.24, 2.45) is 16.5 Å². The van der Waals surface area contributed by atoms with E-state index in [0.717, 1.165) is 22.2 Å². The van der Waals surface area contributed by atoms with Crippen LogP contribution >= 0.6 is 0 Å². The molecule has 6 N–H and O–H groups in total. The molecular formula is C13H12N6O. The van der Waals surface area contributed by atoms with Crippen molar-refractivity contribution in [2.45, 2.75) is 5.79 Å². The molecule has 0 spiro atoms. The number of aliphatic imine (C=N–C) groups is 1. The van der Waals surface area contributed by atoms with E-state index >= 15 is 0 Å². The van der Waals surface area contributed by atoms with Crippen LogP contribution < -0.4 is 16.8 Å². The zero-order chi connectivity index (χ0) is 13.7. The van der Waals surface area contributed by atoms with Gasteiger partial charge in [0.2, 0.25) is 5.79 Å². The highest BCUT2D eigenvalue weighted by atomic mass is 16.3. The molecule has 3 heterocycles. The maximum Gasteiger partial charge on any atom is 0.211 e. The Bertz CT molecular complexity index is 832. The largest absolute Gasteiger partial charge is 0.459 e. The van der Waals surface area contributed by atoms with Crippen molar-refractivity contribution in [3.63, 3.8) is 0 Å². The van der Waals surface area contributed by atoms with E-state index < -0.39 is 5.79 Å². The summed E-state index contributed by atoms with van der Waals surface area (Å²) in [4.78, 5) is 4.32. The van der Waals surface area contributed by atoms with Crippen LogP contribution in [0.2, 0.25) is 0 Å². The Labute approximate surface area is 113 Å². The molecule has 2 aromatic heterocycles. The second-order valence-electron chi connectivity index (χ2n) is 4.72. The lowest BCUT2D eigenvalue weighted by Gasteiger charge is -2.31. The van der Waals surface area contributed by atoms with Crippen LogP contribution in [0.3, 0.4) is 0 Å². The van der Waals surface area contributed by atoms with Crippen LogP contribution in [0.4, 0.5) is 5.69 Å². The molecule has 7 nitrogen and oxygen atoms in total. The maximum absolute atomic E-state index is 6.35. The fourth-order valence-electron chi connectivity index (χ4n) is 2.39. The van der Waals surface area contributed by atoms with Gasteiger partial charge < -0.3 is 15.5 Å². The quantitative estimate of drug-likeness (QED) is 0.526. The summed E-state index contributed by atoms with van der Waals surface area (Å²) in [6, 6.07) is 7.50. The van der Waals surface area contributed by atoms with Gasteiger partial charge in [0.1, 0.15) is 0 Å². The van der Waals surface area contributed by atoms with Gasteiger partial charge in [-0.3, -0.25) is 10.8 Å². The van der Waals surface area contributed by atoms with Gasteiger partial charge in [-0.2, -0.15) is 5.10 Å². The molecule has 20 heavy (non-hydrogen) atoms. The predicted octanol–water partition coefficient (Wildman–Crippen LogP) is 1.06. The Hall–Kier alpha value is -2.80. The Balaban J connectivity index is 1.86. The van der Waals surface area contributed by atoms with Gasteiger partial charge in [0.15, 0.2) is 11.6 Å². The SMILES string of the molecule is NC1=NC(N)(c2ccc3cn[nH]c3c2)Nc2ccoc21. The monoisotopic (exact) mass is 268 g/mol. The van der Waals surface area contributed by atoms with E-state index in [-0.39, 0.29) is 5.84 Å². The molecule has 1 aliphatic rings. The van der Waals surface area contributed by atoms with E-state index in [4.69, 9.17) is 15.9 Å². The Morgan fingerprint density at radius 2 is 2.15 bits per heavy atom. The zero-order valence-electron chi connectivity index (χ0n) is 10.4. The van der Waals surface area contributed by atoms with E-state index in [1.54, 1.807) is 18.5 Å². The van der Waals surface area contributed by atoms with E-state index in [1.165, 1.54) is 0 Å². The second-order valence-corrected chi connectivity index (χ2v) is 4.72. The molecule has 1 aliphatic heterocycles. The molecule has 1 unspecified atom stereocenters. The Kier molecular flexibility index (Phi) is 2.00. The molecule has 4 rings (SSSR count). The van der Waals surface area contributed by atoms with Crippen LogP contribution in [0.25, 0.3) is 10.9 Å². The number of furan rings is 1. The van der Waals surface area contributed by atoms with Crippen LogP contribution in [0.1, 0.15) is 11.3 Å². The molecule has 7 heteroatoms. The summed E-state index contributed by atoms with van der Waals surface area (Å²) in [5.74, 6) is -0.343. The summed E-state index contributed by atoms with van der Waals surface area (Å²) < 4.78 is 5.27. The van der Waals surface area contributed by atoms with Crippen LogP contribution in [-0.4, -0.2) is 16.0 Å². The van der Waals surface area contributed by atoms with E-state index in [1.807, 2.05) is 18.2 Å². The molecule has 0 bridgehead atoms. The molecule has 0 fully saturated rings. The number of aromatic nitrogens is 2. The number of amidine groups is 1. The van der Waals surface area contributed by atoms with Crippen molar-refractivity contribution in [2.75, 3.05) is 5.32 Å². The Morgan fingerprint density at radius 3 is 3.05 bits per heavy atom. The molecule has 1 aromatic carbocycles. The highest BCUT2D eigenvalue weighted by molar-refractivity contribution is 6.01. The van der Waals surface area contributed by atoms with Crippen LogP contribution in [0.15, 0.2) is 46.1 Å². The number of fused-ring (bicyclic) bond motifs is 2. The third-order valence-corrected chi connectivity index (χ3v) is 3.40. The second kappa shape index (κ2) is 3.61. The smallest absolute Gasteiger partial charge is 0.211 e. The summed E-state index contributed by atoms with van der Waals surface area (Å²) in [6.07, 6.45) is 3.30. The van der Waals surface area contributed by atoms with Crippen LogP contribution in [0, 0.1) is 0 Å². The fourth-order valence-corrected chi connectivity index (χ4v) is 2.39. The molecule has 3 aromatic rings. The lowest BCUT2D eigenvalue weighted by molar-refractivity contribution is 0.511. The normalized spacial score (nSPS) is 21.4. The molecule has 100 valence electrons. The first kappa shape index (κ1) is 11.1. The third kappa shape index (κ3) is 1.44. The molecular weight excluding hydrogens is 256 g/mol.